The second-order valence-corrected chi connectivity index (χ2v) is 6.23. The van der Waals surface area contributed by atoms with E-state index in [0.717, 1.165) is 12.0 Å². The zero-order valence-electron chi connectivity index (χ0n) is 10.4. The van der Waals surface area contributed by atoms with Gasteiger partial charge in [0.25, 0.3) is 10.0 Å². The number of hydrogen-bond donors (Lipinski definition) is 1. The normalized spacial score (nSPS) is 11.3. The molecule has 2 aromatic rings. The lowest BCUT2D eigenvalue weighted by molar-refractivity contribution is 0.601. The van der Waals surface area contributed by atoms with E-state index in [1.54, 1.807) is 36.4 Å². The Hall–Kier alpha value is -1.52. The largest absolute Gasteiger partial charge is 0.280 e. The van der Waals surface area contributed by atoms with Crippen LogP contribution < -0.4 is 4.72 Å². The molecule has 2 rings (SSSR count). The molecule has 0 saturated carbocycles. The van der Waals surface area contributed by atoms with Gasteiger partial charge < -0.3 is 0 Å². The van der Waals surface area contributed by atoms with Crippen LogP contribution in [0.15, 0.2) is 53.4 Å². The van der Waals surface area contributed by atoms with Gasteiger partial charge in [0, 0.05) is 10.7 Å². The van der Waals surface area contributed by atoms with Gasteiger partial charge in [-0.2, -0.15) is 0 Å². The third-order valence-electron chi connectivity index (χ3n) is 2.74. The summed E-state index contributed by atoms with van der Waals surface area (Å²) in [6.07, 6.45) is 0.880. The van der Waals surface area contributed by atoms with Gasteiger partial charge in [-0.3, -0.25) is 4.72 Å². The maximum atomic E-state index is 12.1. The standard InChI is InChI=1S/C14H14ClNO2S/c1-2-11-3-9-14(10-4-11)19(17,18)16-13-7-5-12(15)6-8-13/h3-10,16H,2H2,1H3. The molecule has 0 saturated heterocycles. The number of rotatable bonds is 4. The molecule has 5 heteroatoms. The SMILES string of the molecule is CCc1ccc(S(=O)(=O)Nc2ccc(Cl)cc2)cc1. The predicted molar refractivity (Wildman–Crippen MR) is 78.1 cm³/mol. The van der Waals surface area contributed by atoms with Crippen LogP contribution in [0.3, 0.4) is 0 Å². The first-order chi connectivity index (χ1) is 9.01. The zero-order chi connectivity index (χ0) is 13.9. The van der Waals surface area contributed by atoms with Gasteiger partial charge in [0.15, 0.2) is 0 Å². The molecule has 0 aliphatic carbocycles. The van der Waals surface area contributed by atoms with Crippen molar-refractivity contribution in [1.29, 1.82) is 0 Å². The molecule has 0 aromatic heterocycles. The molecule has 0 amide bonds. The third-order valence-corrected chi connectivity index (χ3v) is 4.39. The van der Waals surface area contributed by atoms with Crippen LogP contribution in [-0.2, 0) is 16.4 Å². The van der Waals surface area contributed by atoms with E-state index in [1.807, 2.05) is 19.1 Å². The Morgan fingerprint density at radius 3 is 2.11 bits per heavy atom. The van der Waals surface area contributed by atoms with E-state index < -0.39 is 10.0 Å². The summed E-state index contributed by atoms with van der Waals surface area (Å²) in [5, 5.41) is 0.565. The fraction of sp³-hybridized carbons (Fsp3) is 0.143. The topological polar surface area (TPSA) is 46.2 Å². The lowest BCUT2D eigenvalue weighted by Crippen LogP contribution is -2.12. The van der Waals surface area contributed by atoms with Crippen molar-refractivity contribution in [2.24, 2.45) is 0 Å². The Bertz CT molecular complexity index is 649. The smallest absolute Gasteiger partial charge is 0.261 e. The van der Waals surface area contributed by atoms with E-state index in [4.69, 9.17) is 11.6 Å². The monoisotopic (exact) mass is 295 g/mol. The van der Waals surface area contributed by atoms with E-state index in [0.29, 0.717) is 10.7 Å². The molecule has 0 radical (unpaired) electrons. The Morgan fingerprint density at radius 2 is 1.58 bits per heavy atom. The van der Waals surface area contributed by atoms with Gasteiger partial charge in [0.05, 0.1) is 4.90 Å². The highest BCUT2D eigenvalue weighted by atomic mass is 35.5. The van der Waals surface area contributed by atoms with E-state index in [2.05, 4.69) is 4.72 Å². The fourth-order valence-corrected chi connectivity index (χ4v) is 2.82. The number of nitrogens with one attached hydrogen (secondary N) is 1. The van der Waals surface area contributed by atoms with Crippen LogP contribution in [0.4, 0.5) is 5.69 Å². The first-order valence-corrected chi connectivity index (χ1v) is 7.75. The van der Waals surface area contributed by atoms with E-state index in [9.17, 15) is 8.42 Å². The molecule has 2 aromatic carbocycles. The molecular formula is C14H14ClNO2S. The fourth-order valence-electron chi connectivity index (χ4n) is 1.64. The lowest BCUT2D eigenvalue weighted by atomic mass is 10.2. The highest BCUT2D eigenvalue weighted by Crippen LogP contribution is 2.18. The second-order valence-electron chi connectivity index (χ2n) is 4.11. The first-order valence-electron chi connectivity index (χ1n) is 5.88. The quantitative estimate of drug-likeness (QED) is 0.935. The first kappa shape index (κ1) is 13.9. The van der Waals surface area contributed by atoms with Crippen LogP contribution >= 0.6 is 11.6 Å². The van der Waals surface area contributed by atoms with Crippen molar-refractivity contribution in [3.8, 4) is 0 Å². The van der Waals surface area contributed by atoms with Crippen molar-refractivity contribution >= 4 is 27.3 Å². The number of benzene rings is 2. The summed E-state index contributed by atoms with van der Waals surface area (Å²) >= 11 is 5.76. The Morgan fingerprint density at radius 1 is 1.00 bits per heavy atom. The second kappa shape index (κ2) is 5.63. The van der Waals surface area contributed by atoms with Gasteiger partial charge in [0.2, 0.25) is 0 Å². The number of anilines is 1. The van der Waals surface area contributed by atoms with Crippen molar-refractivity contribution in [3.05, 3.63) is 59.1 Å². The van der Waals surface area contributed by atoms with Crippen LogP contribution in [-0.4, -0.2) is 8.42 Å². The molecule has 0 aliphatic rings. The van der Waals surface area contributed by atoms with Crippen LogP contribution in [0.5, 0.6) is 0 Å². The maximum absolute atomic E-state index is 12.1. The molecule has 0 aliphatic heterocycles. The Labute approximate surface area is 118 Å². The Balaban J connectivity index is 2.24. The molecule has 0 atom stereocenters. The predicted octanol–water partition coefficient (Wildman–Crippen LogP) is 3.70. The van der Waals surface area contributed by atoms with Gasteiger partial charge >= 0.3 is 0 Å². The summed E-state index contributed by atoms with van der Waals surface area (Å²) in [6, 6.07) is 13.4. The number of aryl methyl sites for hydroxylation is 1. The van der Waals surface area contributed by atoms with Gasteiger partial charge in [-0.25, -0.2) is 8.42 Å². The average molecular weight is 296 g/mol. The maximum Gasteiger partial charge on any atom is 0.261 e. The summed E-state index contributed by atoms with van der Waals surface area (Å²) in [7, 11) is -3.54. The summed E-state index contributed by atoms with van der Waals surface area (Å²) in [4.78, 5) is 0.250. The molecule has 0 spiro atoms. The molecule has 0 heterocycles. The minimum Gasteiger partial charge on any atom is -0.280 e. The minimum atomic E-state index is -3.54. The number of halogens is 1. The molecule has 0 unspecified atom stereocenters. The summed E-state index contributed by atoms with van der Waals surface area (Å²) in [6.45, 7) is 2.02. The van der Waals surface area contributed by atoms with Gasteiger partial charge in [-0.05, 0) is 48.4 Å². The van der Waals surface area contributed by atoms with E-state index in [-0.39, 0.29) is 4.90 Å². The molecule has 100 valence electrons. The summed E-state index contributed by atoms with van der Waals surface area (Å²) < 4.78 is 26.8. The number of sulfonamides is 1. The summed E-state index contributed by atoms with van der Waals surface area (Å²) in [5.41, 5.74) is 1.59. The Kier molecular flexibility index (Phi) is 4.12. The summed E-state index contributed by atoms with van der Waals surface area (Å²) in [5.74, 6) is 0. The zero-order valence-corrected chi connectivity index (χ0v) is 12.0. The van der Waals surface area contributed by atoms with E-state index in [1.165, 1.54) is 0 Å². The van der Waals surface area contributed by atoms with Crippen molar-refractivity contribution < 1.29 is 8.42 Å². The highest BCUT2D eigenvalue weighted by molar-refractivity contribution is 7.92. The lowest BCUT2D eigenvalue weighted by Gasteiger charge is -2.08. The van der Waals surface area contributed by atoms with Crippen molar-refractivity contribution in [1.82, 2.24) is 0 Å². The molecule has 1 N–H and O–H groups in total. The van der Waals surface area contributed by atoms with Gasteiger partial charge in [-0.1, -0.05) is 30.7 Å². The molecule has 0 fully saturated rings. The third kappa shape index (κ3) is 3.49. The van der Waals surface area contributed by atoms with Crippen LogP contribution in [0.25, 0.3) is 0 Å². The van der Waals surface area contributed by atoms with Crippen LogP contribution in [0, 0.1) is 0 Å². The van der Waals surface area contributed by atoms with E-state index >= 15 is 0 Å². The average Bonchev–Trinajstić information content (AvgIpc) is 2.41. The van der Waals surface area contributed by atoms with Gasteiger partial charge in [-0.15, -0.1) is 0 Å². The van der Waals surface area contributed by atoms with Crippen LogP contribution in [0.2, 0.25) is 5.02 Å². The van der Waals surface area contributed by atoms with Crippen molar-refractivity contribution in [2.75, 3.05) is 4.72 Å². The minimum absolute atomic E-state index is 0.250. The molecular weight excluding hydrogens is 282 g/mol. The molecule has 0 bridgehead atoms. The highest BCUT2D eigenvalue weighted by Gasteiger charge is 2.13. The molecule has 19 heavy (non-hydrogen) atoms. The van der Waals surface area contributed by atoms with Crippen LogP contribution in [0.1, 0.15) is 12.5 Å². The van der Waals surface area contributed by atoms with Crippen molar-refractivity contribution in [3.63, 3.8) is 0 Å². The van der Waals surface area contributed by atoms with Gasteiger partial charge in [0.1, 0.15) is 0 Å². The molecule has 3 nitrogen and oxygen atoms in total. The van der Waals surface area contributed by atoms with Crippen molar-refractivity contribution in [2.45, 2.75) is 18.2 Å². The number of hydrogen-bond acceptors (Lipinski definition) is 2.